The second kappa shape index (κ2) is 10.9. The fourth-order valence-electron chi connectivity index (χ4n) is 5.13. The number of likely N-dealkylation sites (tertiary alicyclic amines) is 1. The molecular formula is C28H32ClN7O3. The van der Waals surface area contributed by atoms with E-state index in [4.69, 9.17) is 17.3 Å². The SMILES string of the molecule is CC(=O)Nc1ccc(CN2CCC(O)(Cn3cnc4c(-c5ccc(CN)cc5)n(C)nc4c3=O)CC2)c(Cl)c1. The highest BCUT2D eigenvalue weighted by atomic mass is 35.5. The Morgan fingerprint density at radius 1 is 1.15 bits per heavy atom. The lowest BCUT2D eigenvalue weighted by atomic mass is 9.91. The maximum absolute atomic E-state index is 13.3. The number of halogens is 1. The van der Waals surface area contributed by atoms with Crippen molar-refractivity contribution in [2.45, 2.75) is 45.0 Å². The van der Waals surface area contributed by atoms with E-state index in [0.717, 1.165) is 22.4 Å². The Hall–Kier alpha value is -3.57. The van der Waals surface area contributed by atoms with Crippen LogP contribution in [0.15, 0.2) is 53.6 Å². The predicted molar refractivity (Wildman–Crippen MR) is 151 cm³/mol. The van der Waals surface area contributed by atoms with Gasteiger partial charge in [0.25, 0.3) is 5.56 Å². The molecule has 0 saturated carbocycles. The summed E-state index contributed by atoms with van der Waals surface area (Å²) in [5.74, 6) is -0.149. The molecule has 3 heterocycles. The second-order valence-electron chi connectivity index (χ2n) is 10.2. The van der Waals surface area contributed by atoms with Gasteiger partial charge in [0.1, 0.15) is 5.52 Å². The van der Waals surface area contributed by atoms with E-state index < -0.39 is 5.60 Å². The van der Waals surface area contributed by atoms with E-state index in [9.17, 15) is 14.7 Å². The summed E-state index contributed by atoms with van der Waals surface area (Å²) in [7, 11) is 1.79. The summed E-state index contributed by atoms with van der Waals surface area (Å²) < 4.78 is 3.13. The van der Waals surface area contributed by atoms with Crippen LogP contribution in [0.1, 0.15) is 30.9 Å². The third-order valence-corrected chi connectivity index (χ3v) is 7.65. The van der Waals surface area contributed by atoms with E-state index in [1.165, 1.54) is 17.8 Å². The molecule has 1 fully saturated rings. The van der Waals surface area contributed by atoms with E-state index in [2.05, 4.69) is 20.3 Å². The van der Waals surface area contributed by atoms with Gasteiger partial charge in [-0.1, -0.05) is 41.9 Å². The van der Waals surface area contributed by atoms with Gasteiger partial charge in [0, 0.05) is 56.4 Å². The number of carbonyl (C=O) groups is 1. The lowest BCUT2D eigenvalue weighted by Gasteiger charge is -2.38. The number of hydrogen-bond donors (Lipinski definition) is 3. The van der Waals surface area contributed by atoms with Crippen molar-refractivity contribution in [1.82, 2.24) is 24.2 Å². The molecule has 5 rings (SSSR count). The number of rotatable bonds is 7. The zero-order chi connectivity index (χ0) is 27.7. The molecule has 4 N–H and O–H groups in total. The molecular weight excluding hydrogens is 518 g/mol. The summed E-state index contributed by atoms with van der Waals surface area (Å²) in [6.45, 7) is 3.98. The minimum Gasteiger partial charge on any atom is -0.388 e. The number of aromatic nitrogens is 4. The molecule has 11 heteroatoms. The van der Waals surface area contributed by atoms with Crippen LogP contribution in [0.2, 0.25) is 5.02 Å². The van der Waals surface area contributed by atoms with Gasteiger partial charge in [-0.15, -0.1) is 0 Å². The maximum atomic E-state index is 13.3. The maximum Gasteiger partial charge on any atom is 0.281 e. The first-order chi connectivity index (χ1) is 18.7. The third kappa shape index (κ3) is 5.74. The van der Waals surface area contributed by atoms with Crippen LogP contribution >= 0.6 is 11.6 Å². The molecule has 1 amide bonds. The monoisotopic (exact) mass is 549 g/mol. The van der Waals surface area contributed by atoms with Crippen LogP contribution < -0.4 is 16.6 Å². The molecule has 0 atom stereocenters. The van der Waals surface area contributed by atoms with E-state index in [0.29, 0.717) is 55.2 Å². The molecule has 10 nitrogen and oxygen atoms in total. The summed E-state index contributed by atoms with van der Waals surface area (Å²) in [6, 6.07) is 13.3. The van der Waals surface area contributed by atoms with Gasteiger partial charge in [0.15, 0.2) is 5.52 Å². The van der Waals surface area contributed by atoms with E-state index >= 15 is 0 Å². The molecule has 1 saturated heterocycles. The van der Waals surface area contributed by atoms with Gasteiger partial charge in [-0.05, 0) is 36.1 Å². The highest BCUT2D eigenvalue weighted by molar-refractivity contribution is 6.31. The van der Waals surface area contributed by atoms with Crippen molar-refractivity contribution in [3.63, 3.8) is 0 Å². The van der Waals surface area contributed by atoms with Crippen molar-refractivity contribution in [2.75, 3.05) is 18.4 Å². The van der Waals surface area contributed by atoms with E-state index in [1.807, 2.05) is 36.4 Å². The van der Waals surface area contributed by atoms with Crippen LogP contribution in [0.5, 0.6) is 0 Å². The summed E-state index contributed by atoms with van der Waals surface area (Å²) >= 11 is 6.44. The average Bonchev–Trinajstić information content (AvgIpc) is 3.25. The molecule has 0 radical (unpaired) electrons. The summed E-state index contributed by atoms with van der Waals surface area (Å²) in [6.07, 6.45) is 2.50. The third-order valence-electron chi connectivity index (χ3n) is 7.29. The number of nitrogens with zero attached hydrogens (tertiary/aromatic N) is 5. The number of amides is 1. The number of hydrogen-bond acceptors (Lipinski definition) is 7. The minimum absolute atomic E-state index is 0.145. The standard InChI is InChI=1S/C28H32ClN7O3/c1-18(37)32-22-8-7-21(23(29)13-22)15-35-11-9-28(39,10-12-35)16-36-17-31-24-25(27(36)38)33-34(2)26(24)20-5-3-19(14-30)4-6-20/h3-8,13,17,39H,9-12,14-16,30H2,1-2H3,(H,32,37). The Morgan fingerprint density at radius 2 is 1.87 bits per heavy atom. The average molecular weight is 550 g/mol. The van der Waals surface area contributed by atoms with Gasteiger partial charge < -0.3 is 16.2 Å². The van der Waals surface area contributed by atoms with Crippen molar-refractivity contribution in [1.29, 1.82) is 0 Å². The number of nitrogens with one attached hydrogen (secondary N) is 1. The number of piperidine rings is 1. The topological polar surface area (TPSA) is 131 Å². The molecule has 1 aliphatic heterocycles. The summed E-state index contributed by atoms with van der Waals surface area (Å²) in [5.41, 5.74) is 9.49. The highest BCUT2D eigenvalue weighted by Gasteiger charge is 2.33. The van der Waals surface area contributed by atoms with Gasteiger partial charge in [0.2, 0.25) is 5.91 Å². The Balaban J connectivity index is 1.28. The van der Waals surface area contributed by atoms with E-state index in [1.54, 1.807) is 17.8 Å². The molecule has 4 aromatic rings. The molecule has 0 bridgehead atoms. The van der Waals surface area contributed by atoms with Gasteiger partial charge in [-0.3, -0.25) is 23.7 Å². The number of anilines is 1. The van der Waals surface area contributed by atoms with Gasteiger partial charge in [0.05, 0.1) is 24.2 Å². The molecule has 2 aromatic carbocycles. The number of aryl methyl sites for hydroxylation is 1. The zero-order valence-electron chi connectivity index (χ0n) is 22.0. The fraction of sp³-hybridized carbons (Fsp3) is 0.357. The molecule has 0 aliphatic carbocycles. The molecule has 0 spiro atoms. The number of fused-ring (bicyclic) bond motifs is 1. The Bertz CT molecular complexity index is 1570. The second-order valence-corrected chi connectivity index (χ2v) is 10.6. The van der Waals surface area contributed by atoms with Crippen LogP contribution in [-0.4, -0.2) is 53.9 Å². The number of carbonyl (C=O) groups excluding carboxylic acids is 1. The molecule has 39 heavy (non-hydrogen) atoms. The number of benzene rings is 2. The fourth-order valence-corrected chi connectivity index (χ4v) is 5.37. The van der Waals surface area contributed by atoms with Crippen molar-refractivity contribution in [3.05, 3.63) is 75.3 Å². The Labute approximate surface area is 231 Å². The molecule has 204 valence electrons. The summed E-state index contributed by atoms with van der Waals surface area (Å²) in [5, 5.41) is 19.1. The quantitative estimate of drug-likeness (QED) is 0.323. The summed E-state index contributed by atoms with van der Waals surface area (Å²) in [4.78, 5) is 31.4. The van der Waals surface area contributed by atoms with Gasteiger partial charge >= 0.3 is 0 Å². The van der Waals surface area contributed by atoms with Crippen LogP contribution in [-0.2, 0) is 31.5 Å². The molecule has 0 unspecified atom stereocenters. The van der Waals surface area contributed by atoms with Gasteiger partial charge in [-0.2, -0.15) is 5.10 Å². The number of nitrogens with two attached hydrogens (primary N) is 1. The van der Waals surface area contributed by atoms with Crippen molar-refractivity contribution in [3.8, 4) is 11.3 Å². The first-order valence-electron chi connectivity index (χ1n) is 12.9. The Kier molecular flexibility index (Phi) is 7.55. The predicted octanol–water partition coefficient (Wildman–Crippen LogP) is 2.89. The molecule has 2 aromatic heterocycles. The van der Waals surface area contributed by atoms with Crippen LogP contribution in [0.25, 0.3) is 22.3 Å². The minimum atomic E-state index is -1.04. The van der Waals surface area contributed by atoms with Crippen LogP contribution in [0.3, 0.4) is 0 Å². The first-order valence-corrected chi connectivity index (χ1v) is 13.3. The number of aliphatic hydroxyl groups is 1. The lowest BCUT2D eigenvalue weighted by molar-refractivity contribution is -0.114. The largest absolute Gasteiger partial charge is 0.388 e. The van der Waals surface area contributed by atoms with Gasteiger partial charge in [-0.25, -0.2) is 4.98 Å². The van der Waals surface area contributed by atoms with Crippen LogP contribution in [0, 0.1) is 0 Å². The molecule has 1 aliphatic rings. The zero-order valence-corrected chi connectivity index (χ0v) is 22.8. The first kappa shape index (κ1) is 27.0. The van der Waals surface area contributed by atoms with Crippen molar-refractivity contribution in [2.24, 2.45) is 12.8 Å². The normalized spacial score (nSPS) is 15.5. The smallest absolute Gasteiger partial charge is 0.281 e. The Morgan fingerprint density at radius 3 is 2.51 bits per heavy atom. The van der Waals surface area contributed by atoms with E-state index in [-0.39, 0.29) is 23.5 Å². The van der Waals surface area contributed by atoms with Crippen molar-refractivity contribution < 1.29 is 9.90 Å². The lowest BCUT2D eigenvalue weighted by Crippen LogP contribution is -2.47. The van der Waals surface area contributed by atoms with Crippen LogP contribution in [0.4, 0.5) is 5.69 Å². The van der Waals surface area contributed by atoms with Crippen molar-refractivity contribution >= 4 is 34.2 Å². The highest BCUT2D eigenvalue weighted by Crippen LogP contribution is 2.29.